The molecule has 0 bridgehead atoms. The number of cyclic esters (lactones) is 1. The molecule has 1 fully saturated rings. The zero-order valence-electron chi connectivity index (χ0n) is 7.72. The number of hydrogen-bond acceptors (Lipinski definition) is 4. The molecule has 3 rings (SSSR count). The van der Waals surface area contributed by atoms with E-state index in [1.54, 1.807) is 0 Å². The molecule has 0 saturated heterocycles. The van der Waals surface area contributed by atoms with E-state index >= 15 is 0 Å². The summed E-state index contributed by atoms with van der Waals surface area (Å²) in [5.41, 5.74) is -0.572. The maximum absolute atomic E-state index is 11.6. The highest BCUT2D eigenvalue weighted by molar-refractivity contribution is 9.13. The standard InChI is InChI=1S/C9H4Br2ClNO2S/c10-3-4(11)6(12)16-5(3)7-13-9(1-2-9)8(14)15-7/h1-2H2. The lowest BCUT2D eigenvalue weighted by molar-refractivity contribution is -0.135. The molecule has 0 radical (unpaired) electrons. The molecule has 0 aromatic carbocycles. The van der Waals surface area contributed by atoms with Gasteiger partial charge in [-0.25, -0.2) is 9.79 Å². The average molecular weight is 385 g/mol. The predicted octanol–water partition coefficient (Wildman–Crippen LogP) is 3.76. The highest BCUT2D eigenvalue weighted by Crippen LogP contribution is 2.48. The molecular weight excluding hydrogens is 381 g/mol. The molecule has 0 atom stereocenters. The van der Waals surface area contributed by atoms with Gasteiger partial charge in [-0.2, -0.15) is 0 Å². The fourth-order valence-corrected chi connectivity index (χ4v) is 3.97. The van der Waals surface area contributed by atoms with Crippen LogP contribution < -0.4 is 0 Å². The first-order valence-corrected chi connectivity index (χ1v) is 7.27. The van der Waals surface area contributed by atoms with Crippen LogP contribution in [0.1, 0.15) is 17.7 Å². The van der Waals surface area contributed by atoms with Gasteiger partial charge in [-0.3, -0.25) is 0 Å². The van der Waals surface area contributed by atoms with Crippen molar-refractivity contribution in [3.63, 3.8) is 0 Å². The van der Waals surface area contributed by atoms with E-state index in [0.29, 0.717) is 10.2 Å². The monoisotopic (exact) mass is 383 g/mol. The number of rotatable bonds is 1. The van der Waals surface area contributed by atoms with Crippen molar-refractivity contribution in [1.82, 2.24) is 0 Å². The third-order valence-corrected chi connectivity index (χ3v) is 6.82. The van der Waals surface area contributed by atoms with Crippen LogP contribution in [0.15, 0.2) is 13.9 Å². The predicted molar refractivity (Wildman–Crippen MR) is 69.3 cm³/mol. The van der Waals surface area contributed by atoms with E-state index in [-0.39, 0.29) is 5.97 Å². The molecular formula is C9H4Br2ClNO2S. The van der Waals surface area contributed by atoms with Gasteiger partial charge in [0.05, 0.1) is 8.95 Å². The smallest absolute Gasteiger partial charge is 0.340 e. The van der Waals surface area contributed by atoms with Crippen molar-refractivity contribution in [3.8, 4) is 0 Å². The largest absolute Gasteiger partial charge is 0.404 e. The van der Waals surface area contributed by atoms with Crippen LogP contribution in [-0.4, -0.2) is 17.4 Å². The van der Waals surface area contributed by atoms with E-state index in [4.69, 9.17) is 16.3 Å². The van der Waals surface area contributed by atoms with Crippen LogP contribution in [0.5, 0.6) is 0 Å². The third-order valence-electron chi connectivity index (χ3n) is 2.56. The second-order valence-electron chi connectivity index (χ2n) is 3.67. The van der Waals surface area contributed by atoms with Crippen LogP contribution in [0, 0.1) is 0 Å². The number of carbonyl (C=O) groups is 1. The summed E-state index contributed by atoms with van der Waals surface area (Å²) in [5, 5.41) is 0. The summed E-state index contributed by atoms with van der Waals surface area (Å²) in [7, 11) is 0. The first-order chi connectivity index (χ1) is 7.53. The first kappa shape index (κ1) is 11.2. The van der Waals surface area contributed by atoms with Crippen LogP contribution in [0.4, 0.5) is 0 Å². The van der Waals surface area contributed by atoms with E-state index in [1.807, 2.05) is 0 Å². The molecule has 3 nitrogen and oxygen atoms in total. The van der Waals surface area contributed by atoms with Gasteiger partial charge in [0, 0.05) is 0 Å². The van der Waals surface area contributed by atoms with Crippen LogP contribution >= 0.6 is 54.8 Å². The van der Waals surface area contributed by atoms with Crippen LogP contribution in [0.25, 0.3) is 0 Å². The number of aliphatic imine (C=N–C) groups is 1. The Kier molecular flexibility index (Phi) is 2.48. The number of halogens is 3. The fourth-order valence-electron chi connectivity index (χ4n) is 1.48. The van der Waals surface area contributed by atoms with Gasteiger partial charge in [-0.1, -0.05) is 11.6 Å². The molecule has 16 heavy (non-hydrogen) atoms. The SMILES string of the molecule is O=C1OC(c2sc(Cl)c(Br)c2Br)=NC12CC2. The molecule has 1 aromatic rings. The van der Waals surface area contributed by atoms with Gasteiger partial charge in [0.15, 0.2) is 5.54 Å². The molecule has 1 saturated carbocycles. The Bertz CT molecular complexity index is 536. The molecule has 1 aliphatic heterocycles. The maximum Gasteiger partial charge on any atom is 0.340 e. The lowest BCUT2D eigenvalue weighted by atomic mass is 10.3. The minimum absolute atomic E-state index is 0.241. The third kappa shape index (κ3) is 1.50. The van der Waals surface area contributed by atoms with Gasteiger partial charge in [-0.05, 0) is 44.7 Å². The molecule has 84 valence electrons. The molecule has 0 amide bonds. The molecule has 1 aliphatic carbocycles. The van der Waals surface area contributed by atoms with Crippen molar-refractivity contribution >= 4 is 66.7 Å². The highest BCUT2D eigenvalue weighted by atomic mass is 79.9. The van der Waals surface area contributed by atoms with Crippen molar-refractivity contribution < 1.29 is 9.53 Å². The lowest BCUT2D eigenvalue weighted by Crippen LogP contribution is -2.15. The van der Waals surface area contributed by atoms with E-state index in [9.17, 15) is 4.79 Å². The maximum atomic E-state index is 11.6. The summed E-state index contributed by atoms with van der Waals surface area (Å²) in [4.78, 5) is 16.7. The van der Waals surface area contributed by atoms with Crippen molar-refractivity contribution in [1.29, 1.82) is 0 Å². The van der Waals surface area contributed by atoms with Gasteiger partial charge in [-0.15, -0.1) is 11.3 Å². The Balaban J connectivity index is 2.06. The molecule has 1 spiro atoms. The summed E-state index contributed by atoms with van der Waals surface area (Å²) in [6.07, 6.45) is 1.57. The minimum atomic E-state index is -0.572. The van der Waals surface area contributed by atoms with E-state index in [0.717, 1.165) is 26.7 Å². The van der Waals surface area contributed by atoms with E-state index in [1.165, 1.54) is 11.3 Å². The van der Waals surface area contributed by atoms with Gasteiger partial charge in [0.25, 0.3) is 0 Å². The Morgan fingerprint density at radius 1 is 1.38 bits per heavy atom. The molecule has 2 heterocycles. The van der Waals surface area contributed by atoms with Crippen molar-refractivity contribution in [2.24, 2.45) is 4.99 Å². The number of esters is 1. The van der Waals surface area contributed by atoms with Gasteiger partial charge in [0.2, 0.25) is 5.90 Å². The first-order valence-electron chi connectivity index (χ1n) is 4.49. The molecule has 7 heteroatoms. The highest BCUT2D eigenvalue weighted by Gasteiger charge is 2.56. The fraction of sp³-hybridized carbons (Fsp3) is 0.333. The van der Waals surface area contributed by atoms with Crippen LogP contribution in [-0.2, 0) is 9.53 Å². The molecule has 0 N–H and O–H groups in total. The van der Waals surface area contributed by atoms with Crippen molar-refractivity contribution in [3.05, 3.63) is 18.2 Å². The summed E-state index contributed by atoms with van der Waals surface area (Å²) in [6, 6.07) is 0. The Labute approximate surface area is 117 Å². The van der Waals surface area contributed by atoms with E-state index < -0.39 is 5.54 Å². The molecule has 0 unspecified atom stereocenters. The minimum Gasteiger partial charge on any atom is -0.404 e. The number of hydrogen-bond donors (Lipinski definition) is 0. The Morgan fingerprint density at radius 2 is 2.06 bits per heavy atom. The zero-order chi connectivity index (χ0) is 11.5. The van der Waals surface area contributed by atoms with Crippen molar-refractivity contribution in [2.75, 3.05) is 0 Å². The van der Waals surface area contributed by atoms with Crippen LogP contribution in [0.2, 0.25) is 4.34 Å². The van der Waals surface area contributed by atoms with Gasteiger partial charge in [0.1, 0.15) is 9.21 Å². The van der Waals surface area contributed by atoms with Gasteiger partial charge < -0.3 is 4.74 Å². The lowest BCUT2D eigenvalue weighted by Gasteiger charge is -1.96. The summed E-state index contributed by atoms with van der Waals surface area (Å²) < 4.78 is 7.35. The van der Waals surface area contributed by atoms with Gasteiger partial charge >= 0.3 is 5.97 Å². The van der Waals surface area contributed by atoms with Crippen molar-refractivity contribution in [2.45, 2.75) is 18.4 Å². The summed E-state index contributed by atoms with van der Waals surface area (Å²) in [6.45, 7) is 0. The summed E-state index contributed by atoms with van der Waals surface area (Å²) >= 11 is 14.1. The van der Waals surface area contributed by atoms with E-state index in [2.05, 4.69) is 36.9 Å². The second-order valence-corrected chi connectivity index (χ2v) is 6.88. The number of nitrogens with zero attached hydrogens (tertiary/aromatic N) is 1. The quantitative estimate of drug-likeness (QED) is 0.691. The normalized spacial score (nSPS) is 21.2. The Hall–Kier alpha value is 0.0900. The number of ether oxygens (including phenoxy) is 1. The molecule has 1 aromatic heterocycles. The average Bonchev–Trinajstić information content (AvgIpc) is 2.89. The Morgan fingerprint density at radius 3 is 2.50 bits per heavy atom. The summed E-state index contributed by atoms with van der Waals surface area (Å²) in [5.74, 6) is 0.141. The second kappa shape index (κ2) is 3.54. The number of carbonyl (C=O) groups excluding carboxylic acids is 1. The molecule has 2 aliphatic rings. The number of thiophene rings is 1. The van der Waals surface area contributed by atoms with Crippen LogP contribution in [0.3, 0.4) is 0 Å². The topological polar surface area (TPSA) is 38.7 Å². The zero-order valence-corrected chi connectivity index (χ0v) is 12.5.